The molecule has 0 aliphatic heterocycles. The Morgan fingerprint density at radius 1 is 1.47 bits per heavy atom. The lowest BCUT2D eigenvalue weighted by Gasteiger charge is -2.10. The molecule has 7 nitrogen and oxygen atoms in total. The summed E-state index contributed by atoms with van der Waals surface area (Å²) in [5.41, 5.74) is 0.303. The number of hydrogen-bond acceptors (Lipinski definition) is 4. The van der Waals surface area contributed by atoms with Crippen molar-refractivity contribution in [1.82, 2.24) is 4.72 Å². The first kappa shape index (κ1) is 15.9. The molecule has 0 unspecified atom stereocenters. The van der Waals surface area contributed by atoms with Crippen LogP contribution in [0.25, 0.3) is 0 Å². The fourth-order valence-electron chi connectivity index (χ4n) is 1.19. The van der Waals surface area contributed by atoms with E-state index in [0.717, 1.165) is 0 Å². The van der Waals surface area contributed by atoms with Gasteiger partial charge < -0.3 is 9.84 Å². The number of rotatable bonds is 7. The van der Waals surface area contributed by atoms with Crippen molar-refractivity contribution in [3.8, 4) is 0 Å². The van der Waals surface area contributed by atoms with Crippen molar-refractivity contribution in [2.45, 2.75) is 0 Å². The first-order chi connectivity index (χ1) is 8.85. The van der Waals surface area contributed by atoms with E-state index in [2.05, 4.69) is 25.4 Å². The molecule has 106 valence electrons. The van der Waals surface area contributed by atoms with Crippen LogP contribution in [-0.4, -0.2) is 39.8 Å². The van der Waals surface area contributed by atoms with E-state index in [4.69, 9.17) is 9.84 Å². The Labute approximate surface area is 119 Å². The second-order valence-electron chi connectivity index (χ2n) is 3.49. The smallest absolute Gasteiger partial charge is 0.335 e. The van der Waals surface area contributed by atoms with E-state index in [-0.39, 0.29) is 24.4 Å². The molecule has 0 aromatic heterocycles. The van der Waals surface area contributed by atoms with Crippen molar-refractivity contribution < 1.29 is 23.1 Å². The first-order valence-electron chi connectivity index (χ1n) is 5.15. The van der Waals surface area contributed by atoms with Crippen LogP contribution in [0, 0.1) is 0 Å². The number of anilines is 1. The van der Waals surface area contributed by atoms with Crippen LogP contribution in [0.5, 0.6) is 0 Å². The Hall–Kier alpha value is -1.16. The molecule has 0 saturated carbocycles. The minimum Gasteiger partial charge on any atom is -0.478 e. The molecule has 19 heavy (non-hydrogen) atoms. The summed E-state index contributed by atoms with van der Waals surface area (Å²) in [6.45, 7) is 0.386. The highest BCUT2D eigenvalue weighted by Gasteiger charge is 2.13. The second-order valence-corrected chi connectivity index (χ2v) is 5.85. The van der Waals surface area contributed by atoms with Gasteiger partial charge in [0.2, 0.25) is 0 Å². The van der Waals surface area contributed by atoms with Crippen LogP contribution >= 0.6 is 15.9 Å². The lowest BCUT2D eigenvalue weighted by Crippen LogP contribution is -2.32. The lowest BCUT2D eigenvalue weighted by molar-refractivity contribution is 0.0697. The Kier molecular flexibility index (Phi) is 5.73. The highest BCUT2D eigenvalue weighted by Crippen LogP contribution is 2.24. The average molecular weight is 353 g/mol. The molecule has 0 aliphatic rings. The van der Waals surface area contributed by atoms with Gasteiger partial charge in [0, 0.05) is 18.1 Å². The van der Waals surface area contributed by atoms with E-state index in [0.29, 0.717) is 4.47 Å². The highest BCUT2D eigenvalue weighted by molar-refractivity contribution is 9.10. The number of halogens is 1. The van der Waals surface area contributed by atoms with Gasteiger partial charge in [-0.3, -0.25) is 4.72 Å². The molecule has 0 atom stereocenters. The number of carboxylic acids is 1. The van der Waals surface area contributed by atoms with E-state index in [1.165, 1.54) is 25.3 Å². The number of hydrogen-bond donors (Lipinski definition) is 3. The molecule has 1 aromatic rings. The minimum absolute atomic E-state index is 0.0576. The van der Waals surface area contributed by atoms with Gasteiger partial charge in [-0.2, -0.15) is 13.1 Å². The molecule has 1 rings (SSSR count). The third-order valence-corrected chi connectivity index (χ3v) is 3.79. The number of carbonyl (C=O) groups is 1. The first-order valence-corrected chi connectivity index (χ1v) is 7.42. The summed E-state index contributed by atoms with van der Waals surface area (Å²) in [6, 6.07) is 3.98. The van der Waals surface area contributed by atoms with Crippen molar-refractivity contribution in [3.63, 3.8) is 0 Å². The summed E-state index contributed by atoms with van der Waals surface area (Å²) in [4.78, 5) is 10.7. The molecule has 0 spiro atoms. The number of methoxy groups -OCH3 is 1. The van der Waals surface area contributed by atoms with E-state index >= 15 is 0 Å². The van der Waals surface area contributed by atoms with Crippen molar-refractivity contribution >= 4 is 37.8 Å². The van der Waals surface area contributed by atoms with Crippen molar-refractivity contribution in [2.24, 2.45) is 0 Å². The minimum atomic E-state index is -3.72. The largest absolute Gasteiger partial charge is 0.478 e. The Morgan fingerprint density at radius 2 is 2.16 bits per heavy atom. The van der Waals surface area contributed by atoms with Gasteiger partial charge >= 0.3 is 5.97 Å². The zero-order valence-corrected chi connectivity index (χ0v) is 12.4. The van der Waals surface area contributed by atoms with Crippen LogP contribution in [0.15, 0.2) is 22.7 Å². The van der Waals surface area contributed by atoms with Crippen LogP contribution in [0.4, 0.5) is 5.69 Å². The van der Waals surface area contributed by atoms with Gasteiger partial charge in [0.15, 0.2) is 0 Å². The fourth-order valence-corrected chi connectivity index (χ4v) is 2.69. The molecule has 0 radical (unpaired) electrons. The number of benzene rings is 1. The topological polar surface area (TPSA) is 105 Å². The van der Waals surface area contributed by atoms with Crippen LogP contribution in [0.3, 0.4) is 0 Å². The molecule has 0 fully saturated rings. The van der Waals surface area contributed by atoms with Gasteiger partial charge in [-0.05, 0) is 34.1 Å². The van der Waals surface area contributed by atoms with Crippen LogP contribution in [-0.2, 0) is 14.9 Å². The molecule has 9 heteroatoms. The van der Waals surface area contributed by atoms with Crippen LogP contribution in [0.2, 0.25) is 0 Å². The summed E-state index contributed by atoms with van der Waals surface area (Å²) >= 11 is 3.11. The number of carboxylic acid groups (broad SMARTS) is 1. The highest BCUT2D eigenvalue weighted by atomic mass is 79.9. The second kappa shape index (κ2) is 6.85. The van der Waals surface area contributed by atoms with E-state index in [9.17, 15) is 13.2 Å². The van der Waals surface area contributed by atoms with Crippen molar-refractivity contribution in [1.29, 1.82) is 0 Å². The molecular formula is C10H13BrN2O5S. The SMILES string of the molecule is COCCNS(=O)(=O)Nc1ccc(C(=O)O)cc1Br. The lowest BCUT2D eigenvalue weighted by atomic mass is 10.2. The molecule has 1 aromatic carbocycles. The predicted molar refractivity (Wildman–Crippen MR) is 73.5 cm³/mol. The Bertz CT molecular complexity index is 561. The fraction of sp³-hybridized carbons (Fsp3) is 0.300. The van der Waals surface area contributed by atoms with Gasteiger partial charge in [0.05, 0.1) is 17.9 Å². The average Bonchev–Trinajstić information content (AvgIpc) is 2.31. The molecule has 0 saturated heterocycles. The van der Waals surface area contributed by atoms with Crippen molar-refractivity contribution in [2.75, 3.05) is 25.0 Å². The quantitative estimate of drug-likeness (QED) is 0.636. The Morgan fingerprint density at radius 3 is 2.68 bits per heavy atom. The van der Waals surface area contributed by atoms with Gasteiger partial charge in [0.25, 0.3) is 10.2 Å². The standard InChI is InChI=1S/C10H13BrN2O5S/c1-18-5-4-12-19(16,17)13-9-3-2-7(10(14)15)6-8(9)11/h2-3,6,12-13H,4-5H2,1H3,(H,14,15). The summed E-state index contributed by atoms with van der Waals surface area (Å²) in [6.07, 6.45) is 0. The van der Waals surface area contributed by atoms with E-state index in [1.807, 2.05) is 0 Å². The summed E-state index contributed by atoms with van der Waals surface area (Å²) in [5, 5.41) is 8.79. The Balaban J connectivity index is 2.79. The molecular weight excluding hydrogens is 340 g/mol. The van der Waals surface area contributed by atoms with Crippen molar-refractivity contribution in [3.05, 3.63) is 28.2 Å². The van der Waals surface area contributed by atoms with E-state index in [1.54, 1.807) is 0 Å². The molecule has 0 aliphatic carbocycles. The van der Waals surface area contributed by atoms with Crippen LogP contribution < -0.4 is 9.44 Å². The molecule has 0 heterocycles. The maximum Gasteiger partial charge on any atom is 0.335 e. The number of nitrogens with one attached hydrogen (secondary N) is 2. The maximum absolute atomic E-state index is 11.6. The van der Waals surface area contributed by atoms with Crippen LogP contribution in [0.1, 0.15) is 10.4 Å². The molecule has 0 amide bonds. The van der Waals surface area contributed by atoms with E-state index < -0.39 is 16.2 Å². The zero-order valence-electron chi connectivity index (χ0n) is 10.0. The molecule has 3 N–H and O–H groups in total. The number of aromatic carboxylic acids is 1. The van der Waals surface area contributed by atoms with Gasteiger partial charge in [-0.15, -0.1) is 0 Å². The summed E-state index contributed by atoms with van der Waals surface area (Å²) < 4.78 is 32.9. The predicted octanol–water partition coefficient (Wildman–Crippen LogP) is 1.04. The molecule has 0 bridgehead atoms. The normalized spacial score (nSPS) is 11.3. The van der Waals surface area contributed by atoms with Gasteiger partial charge in [-0.25, -0.2) is 4.79 Å². The summed E-state index contributed by atoms with van der Waals surface area (Å²) in [7, 11) is -2.26. The third-order valence-electron chi connectivity index (χ3n) is 2.06. The third kappa shape index (κ3) is 5.15. The maximum atomic E-state index is 11.6. The van der Waals surface area contributed by atoms with Gasteiger partial charge in [0.1, 0.15) is 0 Å². The zero-order chi connectivity index (χ0) is 14.5. The summed E-state index contributed by atoms with van der Waals surface area (Å²) in [5.74, 6) is -1.09. The number of ether oxygens (including phenoxy) is 1. The van der Waals surface area contributed by atoms with Gasteiger partial charge in [-0.1, -0.05) is 0 Å². The monoisotopic (exact) mass is 352 g/mol.